The summed E-state index contributed by atoms with van der Waals surface area (Å²) in [5.74, 6) is 6.41. The molecule has 3 N–H and O–H groups in total. The number of ether oxygens (including phenoxy) is 2. The maximum absolute atomic E-state index is 6.14. The number of benzene rings is 1. The van der Waals surface area contributed by atoms with Gasteiger partial charge in [0.15, 0.2) is 0 Å². The minimum absolute atomic E-state index is 0.0140. The molecule has 116 valence electrons. The average Bonchev–Trinajstić information content (AvgIpc) is 2.49. The molecule has 1 aromatic rings. The molecule has 0 amide bonds. The van der Waals surface area contributed by atoms with E-state index in [1.165, 1.54) is 11.1 Å². The lowest BCUT2D eigenvalue weighted by molar-refractivity contribution is -0.150. The van der Waals surface area contributed by atoms with Crippen molar-refractivity contribution in [3.8, 4) is 0 Å². The first-order valence-corrected chi connectivity index (χ1v) is 7.97. The Morgan fingerprint density at radius 3 is 2.81 bits per heavy atom. The Bertz CT molecular complexity index is 466. The molecular weight excluding hydrogens is 264 g/mol. The fourth-order valence-electron chi connectivity index (χ4n) is 3.81. The second-order valence-corrected chi connectivity index (χ2v) is 6.46. The first-order chi connectivity index (χ1) is 10.2. The summed E-state index contributed by atoms with van der Waals surface area (Å²) >= 11 is 0. The topological polar surface area (TPSA) is 56.5 Å². The van der Waals surface area contributed by atoms with Crippen molar-refractivity contribution in [2.24, 2.45) is 11.8 Å². The van der Waals surface area contributed by atoms with Crippen molar-refractivity contribution in [2.75, 3.05) is 19.8 Å². The molecule has 2 saturated heterocycles. The van der Waals surface area contributed by atoms with Gasteiger partial charge in [0, 0.05) is 25.9 Å². The monoisotopic (exact) mass is 290 g/mol. The van der Waals surface area contributed by atoms with E-state index in [2.05, 4.69) is 36.6 Å². The zero-order chi connectivity index (χ0) is 14.7. The maximum Gasteiger partial charge on any atom is 0.0729 e. The smallest absolute Gasteiger partial charge is 0.0729 e. The molecule has 3 rings (SSSR count). The van der Waals surface area contributed by atoms with Crippen LogP contribution >= 0.6 is 0 Å². The minimum atomic E-state index is 0.0140. The molecule has 0 saturated carbocycles. The summed E-state index contributed by atoms with van der Waals surface area (Å²) in [4.78, 5) is 0. The van der Waals surface area contributed by atoms with Gasteiger partial charge in [0.05, 0.1) is 5.60 Å². The number of hydrazine groups is 1. The molecule has 2 heterocycles. The van der Waals surface area contributed by atoms with Gasteiger partial charge in [0.25, 0.3) is 0 Å². The van der Waals surface area contributed by atoms with E-state index in [4.69, 9.17) is 15.3 Å². The second-order valence-electron chi connectivity index (χ2n) is 6.46. The Morgan fingerprint density at radius 1 is 1.29 bits per heavy atom. The lowest BCUT2D eigenvalue weighted by atomic mass is 9.76. The average molecular weight is 290 g/mol. The highest BCUT2D eigenvalue weighted by Crippen LogP contribution is 2.41. The Morgan fingerprint density at radius 2 is 2.10 bits per heavy atom. The van der Waals surface area contributed by atoms with Crippen LogP contribution in [-0.2, 0) is 9.47 Å². The van der Waals surface area contributed by atoms with E-state index in [1.807, 2.05) is 0 Å². The van der Waals surface area contributed by atoms with Crippen molar-refractivity contribution in [3.63, 3.8) is 0 Å². The van der Waals surface area contributed by atoms with Gasteiger partial charge in [-0.25, -0.2) is 0 Å². The van der Waals surface area contributed by atoms with Gasteiger partial charge in [-0.2, -0.15) is 0 Å². The van der Waals surface area contributed by atoms with Crippen LogP contribution in [-0.4, -0.2) is 25.4 Å². The molecule has 2 unspecified atom stereocenters. The van der Waals surface area contributed by atoms with Crippen LogP contribution in [0.4, 0.5) is 0 Å². The van der Waals surface area contributed by atoms with E-state index in [-0.39, 0.29) is 11.6 Å². The van der Waals surface area contributed by atoms with Crippen molar-refractivity contribution >= 4 is 0 Å². The summed E-state index contributed by atoms with van der Waals surface area (Å²) in [5.41, 5.74) is 5.63. The van der Waals surface area contributed by atoms with Crippen LogP contribution in [0, 0.1) is 12.8 Å². The summed E-state index contributed by atoms with van der Waals surface area (Å²) < 4.78 is 11.6. The highest BCUT2D eigenvalue weighted by atomic mass is 16.5. The molecule has 1 aromatic carbocycles. The third-order valence-corrected chi connectivity index (χ3v) is 4.99. The molecule has 0 aliphatic carbocycles. The molecule has 0 aromatic heterocycles. The molecule has 2 aliphatic heterocycles. The van der Waals surface area contributed by atoms with Gasteiger partial charge in [-0.3, -0.25) is 11.3 Å². The number of hydrogen-bond donors (Lipinski definition) is 2. The summed E-state index contributed by atoms with van der Waals surface area (Å²) in [6.45, 7) is 4.59. The Kier molecular flexibility index (Phi) is 4.60. The lowest BCUT2D eigenvalue weighted by Crippen LogP contribution is -2.47. The Hall–Kier alpha value is -0.940. The first-order valence-electron chi connectivity index (χ1n) is 7.97. The second kappa shape index (κ2) is 6.44. The van der Waals surface area contributed by atoms with E-state index in [0.29, 0.717) is 5.92 Å². The highest BCUT2D eigenvalue weighted by Gasteiger charge is 2.41. The van der Waals surface area contributed by atoms with E-state index in [9.17, 15) is 0 Å². The third-order valence-electron chi connectivity index (χ3n) is 4.99. The number of nitrogens with one attached hydrogen (secondary N) is 1. The maximum atomic E-state index is 6.14. The lowest BCUT2D eigenvalue weighted by Gasteiger charge is -2.45. The first kappa shape index (κ1) is 15.0. The van der Waals surface area contributed by atoms with Crippen LogP contribution in [0.3, 0.4) is 0 Å². The van der Waals surface area contributed by atoms with Gasteiger partial charge >= 0.3 is 0 Å². The van der Waals surface area contributed by atoms with Crippen molar-refractivity contribution in [1.82, 2.24) is 5.43 Å². The van der Waals surface area contributed by atoms with Crippen LogP contribution in [0.2, 0.25) is 0 Å². The van der Waals surface area contributed by atoms with E-state index in [1.54, 1.807) is 0 Å². The van der Waals surface area contributed by atoms with Gasteiger partial charge < -0.3 is 9.47 Å². The van der Waals surface area contributed by atoms with Gasteiger partial charge in [-0.15, -0.1) is 0 Å². The predicted molar refractivity (Wildman–Crippen MR) is 82.7 cm³/mol. The minimum Gasteiger partial charge on any atom is -0.381 e. The molecule has 2 atom stereocenters. The standard InChI is InChI=1S/C17H26N2O2/c1-13-3-2-4-14(11-13)16(19-18)15-5-8-21-17(12-15)6-9-20-10-7-17/h2-4,11,15-16,19H,5-10,12,18H2,1H3. The predicted octanol–water partition coefficient (Wildman–Crippen LogP) is 2.48. The van der Waals surface area contributed by atoms with E-state index < -0.39 is 0 Å². The fraction of sp³-hybridized carbons (Fsp3) is 0.647. The van der Waals surface area contributed by atoms with Crippen molar-refractivity contribution in [2.45, 2.75) is 44.2 Å². The van der Waals surface area contributed by atoms with Crippen LogP contribution in [0.1, 0.15) is 42.9 Å². The van der Waals surface area contributed by atoms with Gasteiger partial charge in [-0.1, -0.05) is 29.8 Å². The largest absolute Gasteiger partial charge is 0.381 e. The van der Waals surface area contributed by atoms with Crippen molar-refractivity contribution < 1.29 is 9.47 Å². The summed E-state index contributed by atoms with van der Waals surface area (Å²) in [6.07, 6.45) is 4.15. The van der Waals surface area contributed by atoms with Crippen molar-refractivity contribution in [1.29, 1.82) is 0 Å². The van der Waals surface area contributed by atoms with Crippen LogP contribution in [0.25, 0.3) is 0 Å². The number of rotatable bonds is 3. The third kappa shape index (κ3) is 3.29. The summed E-state index contributed by atoms with van der Waals surface area (Å²) in [7, 11) is 0. The van der Waals surface area contributed by atoms with Gasteiger partial charge in [0.2, 0.25) is 0 Å². The van der Waals surface area contributed by atoms with Crippen LogP contribution < -0.4 is 11.3 Å². The molecule has 21 heavy (non-hydrogen) atoms. The SMILES string of the molecule is Cc1cccc(C(NN)C2CCOC3(CCOCC3)C2)c1. The quantitative estimate of drug-likeness (QED) is 0.663. The highest BCUT2D eigenvalue weighted by molar-refractivity contribution is 5.25. The van der Waals surface area contributed by atoms with Crippen LogP contribution in [0.5, 0.6) is 0 Å². The van der Waals surface area contributed by atoms with Crippen molar-refractivity contribution in [3.05, 3.63) is 35.4 Å². The van der Waals surface area contributed by atoms with Gasteiger partial charge in [0.1, 0.15) is 0 Å². The molecular formula is C17H26N2O2. The fourth-order valence-corrected chi connectivity index (χ4v) is 3.81. The molecule has 0 bridgehead atoms. The van der Waals surface area contributed by atoms with E-state index in [0.717, 1.165) is 45.5 Å². The number of nitrogens with two attached hydrogens (primary N) is 1. The molecule has 2 aliphatic rings. The summed E-state index contributed by atoms with van der Waals surface area (Å²) in [6, 6.07) is 8.84. The molecule has 2 fully saturated rings. The summed E-state index contributed by atoms with van der Waals surface area (Å²) in [5, 5.41) is 0. The molecule has 4 heteroatoms. The zero-order valence-corrected chi connectivity index (χ0v) is 12.8. The zero-order valence-electron chi connectivity index (χ0n) is 12.8. The Labute approximate surface area is 127 Å². The number of aryl methyl sites for hydroxylation is 1. The van der Waals surface area contributed by atoms with Gasteiger partial charge in [-0.05, 0) is 44.1 Å². The van der Waals surface area contributed by atoms with E-state index >= 15 is 0 Å². The number of hydrogen-bond acceptors (Lipinski definition) is 4. The molecule has 4 nitrogen and oxygen atoms in total. The molecule has 0 radical (unpaired) electrons. The normalized spacial score (nSPS) is 26.7. The Balaban J connectivity index is 1.77. The molecule has 1 spiro atoms. The van der Waals surface area contributed by atoms with Crippen LogP contribution in [0.15, 0.2) is 24.3 Å².